The predicted octanol–water partition coefficient (Wildman–Crippen LogP) is 5.96. The molecule has 3 N–H and O–H groups in total. The van der Waals surface area contributed by atoms with Gasteiger partial charge in [-0.25, -0.2) is 4.79 Å². The minimum atomic E-state index is -4.66. The first-order chi connectivity index (χ1) is 19.1. The normalized spacial score (nSPS) is 11.0. The summed E-state index contributed by atoms with van der Waals surface area (Å²) in [4.78, 5) is 37.2. The number of phenolic OH excluding ortho intramolecular Hbond substituents is 1. The minimum absolute atomic E-state index is 0.0518. The lowest BCUT2D eigenvalue weighted by molar-refractivity contribution is -0.161. The van der Waals surface area contributed by atoms with E-state index in [-0.39, 0.29) is 29.3 Å². The number of nitrogens with one attached hydrogen (secondary N) is 2. The Morgan fingerprint density at radius 3 is 2.02 bits per heavy atom. The van der Waals surface area contributed by atoms with Crippen LogP contribution < -0.4 is 10.6 Å². The number of benzene rings is 4. The topological polar surface area (TPSA) is 105 Å². The molecule has 204 valence electrons. The summed E-state index contributed by atoms with van der Waals surface area (Å²) in [5, 5.41) is 14.9. The van der Waals surface area contributed by atoms with E-state index in [0.717, 1.165) is 17.2 Å². The van der Waals surface area contributed by atoms with Gasteiger partial charge in [-0.15, -0.1) is 0 Å². The Labute approximate surface area is 227 Å². The van der Waals surface area contributed by atoms with Crippen LogP contribution in [0.2, 0.25) is 0 Å². The van der Waals surface area contributed by atoms with Crippen molar-refractivity contribution in [2.45, 2.75) is 12.7 Å². The molecule has 0 aliphatic rings. The van der Waals surface area contributed by atoms with Crippen molar-refractivity contribution in [1.29, 1.82) is 0 Å². The van der Waals surface area contributed by atoms with Gasteiger partial charge in [-0.05, 0) is 71.3 Å². The van der Waals surface area contributed by atoms with Crippen molar-refractivity contribution in [3.63, 3.8) is 0 Å². The maximum atomic E-state index is 12.7. The monoisotopic (exact) mass is 548 g/mol. The molecule has 0 saturated carbocycles. The molecule has 4 rings (SSSR count). The van der Waals surface area contributed by atoms with Crippen LogP contribution in [0.25, 0.3) is 11.1 Å². The molecule has 0 aliphatic carbocycles. The first-order valence-corrected chi connectivity index (χ1v) is 12.0. The SMILES string of the molecule is O=C(NCc1cccc(NC(=O)c2cccc(C(=O)OCC(F)(F)F)c2)c1)c1ccc(-c2ccc(O)cc2)cc1. The number of phenols is 1. The molecule has 10 heteroatoms. The van der Waals surface area contributed by atoms with E-state index in [0.29, 0.717) is 16.8 Å². The van der Waals surface area contributed by atoms with Gasteiger partial charge in [0.1, 0.15) is 5.75 Å². The number of carbonyl (C=O) groups is 3. The van der Waals surface area contributed by atoms with E-state index >= 15 is 0 Å². The van der Waals surface area contributed by atoms with Gasteiger partial charge in [0.2, 0.25) is 0 Å². The van der Waals surface area contributed by atoms with Crippen LogP contribution in [0.5, 0.6) is 5.75 Å². The number of aromatic hydroxyl groups is 1. The molecule has 0 saturated heterocycles. The molecule has 0 radical (unpaired) electrons. The maximum absolute atomic E-state index is 12.7. The lowest BCUT2D eigenvalue weighted by Crippen LogP contribution is -2.22. The van der Waals surface area contributed by atoms with Crippen LogP contribution in [0.1, 0.15) is 36.6 Å². The molecule has 0 fully saturated rings. The molecule has 40 heavy (non-hydrogen) atoms. The molecule has 4 aromatic rings. The van der Waals surface area contributed by atoms with Crippen molar-refractivity contribution >= 4 is 23.5 Å². The quantitative estimate of drug-likeness (QED) is 0.236. The Morgan fingerprint density at radius 2 is 1.35 bits per heavy atom. The van der Waals surface area contributed by atoms with Gasteiger partial charge in [0.05, 0.1) is 5.56 Å². The Bertz CT molecular complexity index is 1520. The second-order valence-corrected chi connectivity index (χ2v) is 8.73. The number of rotatable bonds is 8. The summed E-state index contributed by atoms with van der Waals surface area (Å²) >= 11 is 0. The average molecular weight is 549 g/mol. The lowest BCUT2D eigenvalue weighted by Gasteiger charge is -2.10. The van der Waals surface area contributed by atoms with E-state index in [1.807, 2.05) is 12.1 Å². The van der Waals surface area contributed by atoms with E-state index in [1.165, 1.54) is 18.2 Å². The summed E-state index contributed by atoms with van der Waals surface area (Å²) in [5.41, 5.74) is 3.23. The number of esters is 1. The number of amides is 2. The van der Waals surface area contributed by atoms with Gasteiger partial charge < -0.3 is 20.5 Å². The fourth-order valence-electron chi connectivity index (χ4n) is 3.73. The first kappa shape index (κ1) is 27.9. The van der Waals surface area contributed by atoms with Crippen molar-refractivity contribution in [3.8, 4) is 16.9 Å². The first-order valence-electron chi connectivity index (χ1n) is 12.0. The second kappa shape index (κ2) is 12.2. The van der Waals surface area contributed by atoms with Crippen LogP contribution in [0.4, 0.5) is 18.9 Å². The molecule has 4 aromatic carbocycles. The van der Waals surface area contributed by atoms with Crippen LogP contribution >= 0.6 is 0 Å². The van der Waals surface area contributed by atoms with Crippen LogP contribution in [0, 0.1) is 0 Å². The van der Waals surface area contributed by atoms with Gasteiger partial charge in [-0.3, -0.25) is 9.59 Å². The smallest absolute Gasteiger partial charge is 0.422 e. The molecular weight excluding hydrogens is 525 g/mol. The van der Waals surface area contributed by atoms with Crippen LogP contribution in [-0.4, -0.2) is 35.7 Å². The highest BCUT2D eigenvalue weighted by Gasteiger charge is 2.30. The number of hydrogen-bond acceptors (Lipinski definition) is 5. The summed E-state index contributed by atoms with van der Waals surface area (Å²) < 4.78 is 41.2. The predicted molar refractivity (Wildman–Crippen MR) is 142 cm³/mol. The zero-order valence-corrected chi connectivity index (χ0v) is 20.9. The minimum Gasteiger partial charge on any atom is -0.508 e. The molecule has 0 aromatic heterocycles. The number of hydrogen-bond donors (Lipinski definition) is 3. The van der Waals surface area contributed by atoms with Crippen molar-refractivity contribution in [2.75, 3.05) is 11.9 Å². The van der Waals surface area contributed by atoms with E-state index in [4.69, 9.17) is 0 Å². The van der Waals surface area contributed by atoms with Crippen molar-refractivity contribution in [2.24, 2.45) is 0 Å². The van der Waals surface area contributed by atoms with Crippen LogP contribution in [-0.2, 0) is 11.3 Å². The standard InChI is InChI=1S/C30H23F3N2O5/c31-30(32,33)18-40-29(39)24-5-2-4-23(16-24)28(38)35-25-6-1-3-19(15-25)17-34-27(37)22-9-7-20(8-10-22)21-11-13-26(36)14-12-21/h1-16,36H,17-18H2,(H,34,37)(H,35,38). The Hall–Kier alpha value is -5.12. The largest absolute Gasteiger partial charge is 0.508 e. The van der Waals surface area contributed by atoms with Gasteiger partial charge in [-0.1, -0.05) is 42.5 Å². The van der Waals surface area contributed by atoms with Crippen LogP contribution in [0.15, 0.2) is 97.1 Å². The number of ether oxygens (including phenoxy) is 1. The third kappa shape index (κ3) is 7.70. The van der Waals surface area contributed by atoms with Crippen molar-refractivity contribution in [1.82, 2.24) is 5.32 Å². The Balaban J connectivity index is 1.34. The van der Waals surface area contributed by atoms with E-state index in [1.54, 1.807) is 60.7 Å². The summed E-state index contributed by atoms with van der Waals surface area (Å²) in [6.45, 7) is -1.54. The van der Waals surface area contributed by atoms with Crippen molar-refractivity contribution < 1.29 is 37.4 Å². The zero-order valence-electron chi connectivity index (χ0n) is 20.9. The van der Waals surface area contributed by atoms with Gasteiger partial charge in [0.15, 0.2) is 6.61 Å². The molecule has 0 bridgehead atoms. The third-order valence-corrected chi connectivity index (χ3v) is 5.71. The zero-order chi connectivity index (χ0) is 28.7. The van der Waals surface area contributed by atoms with Gasteiger partial charge in [-0.2, -0.15) is 13.2 Å². The highest BCUT2D eigenvalue weighted by Crippen LogP contribution is 2.22. The summed E-state index contributed by atoms with van der Waals surface area (Å²) in [6, 6.07) is 25.6. The van der Waals surface area contributed by atoms with Crippen molar-refractivity contribution in [3.05, 3.63) is 119 Å². The number of carbonyl (C=O) groups excluding carboxylic acids is 3. The molecule has 0 aliphatic heterocycles. The number of anilines is 1. The van der Waals surface area contributed by atoms with E-state index in [9.17, 15) is 32.7 Å². The summed E-state index contributed by atoms with van der Waals surface area (Å²) in [6.07, 6.45) is -4.66. The average Bonchev–Trinajstić information content (AvgIpc) is 2.95. The fourth-order valence-corrected chi connectivity index (χ4v) is 3.73. The Kier molecular flexibility index (Phi) is 8.48. The van der Waals surface area contributed by atoms with Crippen LogP contribution in [0.3, 0.4) is 0 Å². The van der Waals surface area contributed by atoms with Gasteiger partial charge >= 0.3 is 12.1 Å². The van der Waals surface area contributed by atoms with Gasteiger partial charge in [0, 0.05) is 23.4 Å². The number of alkyl halides is 3. The van der Waals surface area contributed by atoms with E-state index < -0.39 is 24.7 Å². The maximum Gasteiger partial charge on any atom is 0.422 e. The fraction of sp³-hybridized carbons (Fsp3) is 0.100. The highest BCUT2D eigenvalue weighted by atomic mass is 19.4. The van der Waals surface area contributed by atoms with Gasteiger partial charge in [0.25, 0.3) is 11.8 Å². The summed E-state index contributed by atoms with van der Waals surface area (Å²) in [5.74, 6) is -1.90. The number of halogens is 3. The molecule has 0 unspecified atom stereocenters. The Morgan fingerprint density at radius 1 is 0.725 bits per heavy atom. The molecule has 0 spiro atoms. The molecule has 7 nitrogen and oxygen atoms in total. The summed E-state index contributed by atoms with van der Waals surface area (Å²) in [7, 11) is 0. The highest BCUT2D eigenvalue weighted by molar-refractivity contribution is 6.05. The molecule has 0 heterocycles. The second-order valence-electron chi connectivity index (χ2n) is 8.73. The molecule has 0 atom stereocenters. The van der Waals surface area contributed by atoms with E-state index in [2.05, 4.69) is 15.4 Å². The third-order valence-electron chi connectivity index (χ3n) is 5.71. The molecular formula is C30H23F3N2O5. The molecule has 2 amide bonds. The lowest BCUT2D eigenvalue weighted by atomic mass is 10.0.